The number of aliphatic hydroxyl groups is 1. The van der Waals surface area contributed by atoms with Crippen molar-refractivity contribution in [3.05, 3.63) is 35.1 Å². The van der Waals surface area contributed by atoms with Crippen LogP contribution in [-0.4, -0.2) is 41.0 Å². The lowest BCUT2D eigenvalue weighted by atomic mass is 10.1. The fraction of sp³-hybridized carbons (Fsp3) is 0.333. The molecule has 6 heteroatoms. The summed E-state index contributed by atoms with van der Waals surface area (Å²) in [6, 6.07) is 3.29. The molecule has 0 unspecified atom stereocenters. The monoisotopic (exact) mass is 292 g/mol. The average Bonchev–Trinajstić information content (AvgIpc) is 2.41. The number of benzene rings is 1. The van der Waals surface area contributed by atoms with E-state index in [0.29, 0.717) is 0 Å². The summed E-state index contributed by atoms with van der Waals surface area (Å²) in [7, 11) is 0. The number of nitrogens with two attached hydrogens (primary N) is 1. The SMILES string of the molecule is CC(C)N(CC(N)=O)C(=O)c1ccc(F)cc1C#CCO. The molecule has 0 saturated heterocycles. The van der Waals surface area contributed by atoms with Crippen LogP contribution < -0.4 is 5.73 Å². The van der Waals surface area contributed by atoms with E-state index < -0.39 is 24.2 Å². The van der Waals surface area contributed by atoms with E-state index in [9.17, 15) is 14.0 Å². The topological polar surface area (TPSA) is 83.6 Å². The molecule has 21 heavy (non-hydrogen) atoms. The molecule has 1 aromatic carbocycles. The van der Waals surface area contributed by atoms with Crippen LogP contribution >= 0.6 is 0 Å². The van der Waals surface area contributed by atoms with E-state index in [0.717, 1.165) is 12.1 Å². The molecule has 0 aliphatic rings. The van der Waals surface area contributed by atoms with Crippen molar-refractivity contribution in [1.82, 2.24) is 4.90 Å². The van der Waals surface area contributed by atoms with Crippen LogP contribution in [0.4, 0.5) is 4.39 Å². The van der Waals surface area contributed by atoms with Gasteiger partial charge in [-0.2, -0.15) is 0 Å². The van der Waals surface area contributed by atoms with Gasteiger partial charge < -0.3 is 15.7 Å². The zero-order valence-electron chi connectivity index (χ0n) is 11.9. The first-order chi connectivity index (χ1) is 9.86. The second kappa shape index (κ2) is 7.41. The van der Waals surface area contributed by atoms with Crippen molar-refractivity contribution >= 4 is 11.8 Å². The molecule has 3 N–H and O–H groups in total. The molecular weight excluding hydrogens is 275 g/mol. The number of aliphatic hydroxyl groups excluding tert-OH is 1. The Morgan fingerprint density at radius 1 is 1.43 bits per heavy atom. The van der Waals surface area contributed by atoms with Gasteiger partial charge in [-0.1, -0.05) is 11.8 Å². The molecule has 0 aromatic heterocycles. The highest BCUT2D eigenvalue weighted by atomic mass is 19.1. The first kappa shape index (κ1) is 16.7. The number of primary amides is 1. The summed E-state index contributed by atoms with van der Waals surface area (Å²) >= 11 is 0. The van der Waals surface area contributed by atoms with Crippen LogP contribution in [0.2, 0.25) is 0 Å². The van der Waals surface area contributed by atoms with Crippen molar-refractivity contribution in [2.24, 2.45) is 5.73 Å². The average molecular weight is 292 g/mol. The third-order valence-corrected chi connectivity index (χ3v) is 2.72. The molecular formula is C15H17FN2O3. The summed E-state index contributed by atoms with van der Waals surface area (Å²) < 4.78 is 13.3. The van der Waals surface area contributed by atoms with E-state index >= 15 is 0 Å². The summed E-state index contributed by atoms with van der Waals surface area (Å²) in [4.78, 5) is 24.8. The number of carbonyl (C=O) groups excluding carboxylic acids is 2. The molecule has 1 rings (SSSR count). The Morgan fingerprint density at radius 2 is 2.10 bits per heavy atom. The first-order valence-electron chi connectivity index (χ1n) is 6.35. The smallest absolute Gasteiger partial charge is 0.255 e. The predicted molar refractivity (Wildman–Crippen MR) is 75.7 cm³/mol. The molecule has 0 atom stereocenters. The summed E-state index contributed by atoms with van der Waals surface area (Å²) in [5, 5.41) is 8.72. The number of nitrogens with zero attached hydrogens (tertiary/aromatic N) is 1. The Bertz CT molecular complexity index is 603. The molecule has 1 aromatic rings. The lowest BCUT2D eigenvalue weighted by Crippen LogP contribution is -2.43. The van der Waals surface area contributed by atoms with Gasteiger partial charge in [0.05, 0.1) is 12.1 Å². The van der Waals surface area contributed by atoms with Gasteiger partial charge in [-0.05, 0) is 32.0 Å². The van der Waals surface area contributed by atoms with Crippen molar-refractivity contribution in [2.75, 3.05) is 13.2 Å². The molecule has 0 bridgehead atoms. The van der Waals surface area contributed by atoms with Gasteiger partial charge in [0.1, 0.15) is 12.4 Å². The maximum absolute atomic E-state index is 13.3. The Balaban J connectivity index is 3.24. The lowest BCUT2D eigenvalue weighted by Gasteiger charge is -2.25. The zero-order valence-corrected chi connectivity index (χ0v) is 11.9. The zero-order chi connectivity index (χ0) is 16.0. The lowest BCUT2D eigenvalue weighted by molar-refractivity contribution is -0.119. The number of hydrogen-bond acceptors (Lipinski definition) is 3. The van der Waals surface area contributed by atoms with E-state index in [4.69, 9.17) is 10.8 Å². The maximum Gasteiger partial charge on any atom is 0.255 e. The Hall–Kier alpha value is -2.39. The van der Waals surface area contributed by atoms with Crippen LogP contribution in [0.3, 0.4) is 0 Å². The summed E-state index contributed by atoms with van der Waals surface area (Å²) in [5.41, 5.74) is 5.45. The largest absolute Gasteiger partial charge is 0.384 e. The van der Waals surface area contributed by atoms with E-state index in [1.165, 1.54) is 11.0 Å². The van der Waals surface area contributed by atoms with Crippen LogP contribution in [-0.2, 0) is 4.79 Å². The van der Waals surface area contributed by atoms with Gasteiger partial charge in [0.25, 0.3) is 5.91 Å². The highest BCUT2D eigenvalue weighted by Crippen LogP contribution is 2.15. The van der Waals surface area contributed by atoms with Gasteiger partial charge in [0.2, 0.25) is 5.91 Å². The normalized spacial score (nSPS) is 9.95. The summed E-state index contributed by atoms with van der Waals surface area (Å²) in [6.45, 7) is 2.84. The fourth-order valence-electron chi connectivity index (χ4n) is 1.75. The van der Waals surface area contributed by atoms with Crippen molar-refractivity contribution in [1.29, 1.82) is 0 Å². The highest BCUT2D eigenvalue weighted by molar-refractivity contribution is 5.98. The minimum atomic E-state index is -0.637. The Labute approximate surface area is 122 Å². The highest BCUT2D eigenvalue weighted by Gasteiger charge is 2.22. The number of amides is 2. The molecule has 112 valence electrons. The van der Waals surface area contributed by atoms with Crippen LogP contribution in [0, 0.1) is 17.7 Å². The van der Waals surface area contributed by atoms with Crippen LogP contribution in [0.5, 0.6) is 0 Å². The maximum atomic E-state index is 13.3. The number of hydrogen-bond donors (Lipinski definition) is 2. The Morgan fingerprint density at radius 3 is 2.62 bits per heavy atom. The van der Waals surface area contributed by atoms with E-state index in [1.54, 1.807) is 13.8 Å². The standard InChI is InChI=1S/C15H17FN2O3/c1-10(2)18(9-14(17)20)15(21)13-6-5-12(16)8-11(13)4-3-7-19/h5-6,8,10,19H,7,9H2,1-2H3,(H2,17,20). The summed E-state index contributed by atoms with van der Waals surface area (Å²) in [5.74, 6) is 3.26. The second-order valence-corrected chi connectivity index (χ2v) is 4.64. The molecule has 0 saturated carbocycles. The molecule has 0 aliphatic carbocycles. The first-order valence-corrected chi connectivity index (χ1v) is 6.35. The molecule has 0 aliphatic heterocycles. The Kier molecular flexibility index (Phi) is 5.88. The minimum absolute atomic E-state index is 0.157. The second-order valence-electron chi connectivity index (χ2n) is 4.64. The molecule has 2 amide bonds. The number of halogens is 1. The third kappa shape index (κ3) is 4.58. The van der Waals surface area contributed by atoms with Crippen molar-refractivity contribution in [3.8, 4) is 11.8 Å². The van der Waals surface area contributed by atoms with Gasteiger partial charge >= 0.3 is 0 Å². The van der Waals surface area contributed by atoms with Gasteiger partial charge in [0, 0.05) is 11.6 Å². The van der Waals surface area contributed by atoms with E-state index in [1.807, 2.05) is 0 Å². The number of rotatable bonds is 4. The molecule has 0 fully saturated rings. The van der Waals surface area contributed by atoms with Gasteiger partial charge in [-0.15, -0.1) is 0 Å². The van der Waals surface area contributed by atoms with Gasteiger partial charge in [0.15, 0.2) is 0 Å². The van der Waals surface area contributed by atoms with E-state index in [-0.39, 0.29) is 23.7 Å². The van der Waals surface area contributed by atoms with Crippen molar-refractivity contribution in [2.45, 2.75) is 19.9 Å². The quantitative estimate of drug-likeness (QED) is 0.793. The van der Waals surface area contributed by atoms with Crippen LogP contribution in [0.1, 0.15) is 29.8 Å². The van der Waals surface area contributed by atoms with Gasteiger partial charge in [-0.25, -0.2) is 4.39 Å². The van der Waals surface area contributed by atoms with Crippen molar-refractivity contribution in [3.63, 3.8) is 0 Å². The van der Waals surface area contributed by atoms with E-state index in [2.05, 4.69) is 11.8 Å². The molecule has 0 heterocycles. The number of carbonyl (C=O) groups is 2. The fourth-order valence-corrected chi connectivity index (χ4v) is 1.75. The molecule has 0 radical (unpaired) electrons. The van der Waals surface area contributed by atoms with Gasteiger partial charge in [-0.3, -0.25) is 9.59 Å². The van der Waals surface area contributed by atoms with Crippen molar-refractivity contribution < 1.29 is 19.1 Å². The molecule has 0 spiro atoms. The molecule has 5 nitrogen and oxygen atoms in total. The minimum Gasteiger partial charge on any atom is -0.384 e. The third-order valence-electron chi connectivity index (χ3n) is 2.72. The summed E-state index contributed by atoms with van der Waals surface area (Å²) in [6.07, 6.45) is 0. The van der Waals surface area contributed by atoms with Crippen LogP contribution in [0.15, 0.2) is 18.2 Å². The predicted octanol–water partition coefficient (Wildman–Crippen LogP) is 0.505. The van der Waals surface area contributed by atoms with Crippen LogP contribution in [0.25, 0.3) is 0 Å².